The molecule has 1 aliphatic carbocycles. The summed E-state index contributed by atoms with van der Waals surface area (Å²) in [5.41, 5.74) is 2.10. The number of anilines is 1. The van der Waals surface area contributed by atoms with Crippen LogP contribution in [-0.4, -0.2) is 22.1 Å². The van der Waals surface area contributed by atoms with Crippen LogP contribution >= 0.6 is 11.6 Å². The molecule has 2 aromatic rings. The fraction of sp³-hybridized carbons (Fsp3) is 0.368. The second-order valence-corrected chi connectivity index (χ2v) is 9.24. The molecule has 0 radical (unpaired) electrons. The summed E-state index contributed by atoms with van der Waals surface area (Å²) in [6.07, 6.45) is 0. The number of hydrogen-bond donors (Lipinski definition) is 2. The van der Waals surface area contributed by atoms with E-state index in [0.29, 0.717) is 16.9 Å². The van der Waals surface area contributed by atoms with Crippen molar-refractivity contribution >= 4 is 27.3 Å². The molecule has 2 aromatic carbocycles. The van der Waals surface area contributed by atoms with E-state index in [0.717, 1.165) is 23.5 Å². The lowest BCUT2D eigenvalue weighted by atomic mass is 10.0. The third-order valence-corrected chi connectivity index (χ3v) is 6.46. The van der Waals surface area contributed by atoms with Crippen molar-refractivity contribution in [3.8, 4) is 5.75 Å². The topological polar surface area (TPSA) is 81.4 Å². The summed E-state index contributed by atoms with van der Waals surface area (Å²) in [6, 6.07) is 12.3. The van der Waals surface area contributed by atoms with Crippen molar-refractivity contribution in [2.45, 2.75) is 24.7 Å². The molecule has 0 saturated heterocycles. The number of nitrogens with one attached hydrogen (secondary N) is 1. The fourth-order valence-electron chi connectivity index (χ4n) is 3.69. The zero-order valence-corrected chi connectivity index (χ0v) is 16.6. The van der Waals surface area contributed by atoms with Gasteiger partial charge in [0.2, 0.25) is 10.0 Å². The molecule has 3 N–H and O–H groups in total. The summed E-state index contributed by atoms with van der Waals surface area (Å²) in [5.74, 6) is 1.50. The molecule has 26 heavy (non-hydrogen) atoms. The normalized spacial score (nSPS) is 21.3. The highest BCUT2D eigenvalue weighted by atomic mass is 35.5. The SMILES string of the molecule is COc1ccc(Cl)cc1NCC1C(c2ccc(S(N)(=O)=O)cc2)C1(C)C. The molecule has 1 saturated carbocycles. The smallest absolute Gasteiger partial charge is 0.238 e. The molecule has 140 valence electrons. The number of methoxy groups -OCH3 is 1. The quantitative estimate of drug-likeness (QED) is 0.779. The maximum Gasteiger partial charge on any atom is 0.238 e. The van der Waals surface area contributed by atoms with Crippen LogP contribution in [0.5, 0.6) is 5.75 Å². The summed E-state index contributed by atoms with van der Waals surface area (Å²) in [5, 5.41) is 9.25. The molecule has 2 unspecified atom stereocenters. The van der Waals surface area contributed by atoms with Gasteiger partial charge in [0.05, 0.1) is 17.7 Å². The molecular weight excluding hydrogens is 372 g/mol. The molecule has 0 aromatic heterocycles. The van der Waals surface area contributed by atoms with E-state index in [9.17, 15) is 8.42 Å². The Morgan fingerprint density at radius 2 is 1.85 bits per heavy atom. The van der Waals surface area contributed by atoms with E-state index in [1.54, 1.807) is 25.3 Å². The summed E-state index contributed by atoms with van der Waals surface area (Å²) in [6.45, 7) is 5.20. The van der Waals surface area contributed by atoms with Crippen molar-refractivity contribution in [1.82, 2.24) is 0 Å². The Bertz CT molecular complexity index is 911. The minimum absolute atomic E-state index is 0.113. The van der Waals surface area contributed by atoms with E-state index in [4.69, 9.17) is 21.5 Å². The van der Waals surface area contributed by atoms with Crippen LogP contribution in [0.25, 0.3) is 0 Å². The zero-order valence-electron chi connectivity index (χ0n) is 15.0. The van der Waals surface area contributed by atoms with E-state index in [-0.39, 0.29) is 10.3 Å². The first-order valence-corrected chi connectivity index (χ1v) is 10.3. The van der Waals surface area contributed by atoms with Gasteiger partial charge < -0.3 is 10.1 Å². The highest BCUT2D eigenvalue weighted by Crippen LogP contribution is 2.64. The van der Waals surface area contributed by atoms with E-state index in [2.05, 4.69) is 19.2 Å². The van der Waals surface area contributed by atoms with Crippen molar-refractivity contribution in [2.75, 3.05) is 19.0 Å². The lowest BCUT2D eigenvalue weighted by Crippen LogP contribution is -2.11. The van der Waals surface area contributed by atoms with Gasteiger partial charge in [0, 0.05) is 11.6 Å². The van der Waals surface area contributed by atoms with Gasteiger partial charge in [0.1, 0.15) is 5.75 Å². The Labute approximate surface area is 159 Å². The number of ether oxygens (including phenoxy) is 1. The summed E-state index contributed by atoms with van der Waals surface area (Å²) < 4.78 is 28.2. The largest absolute Gasteiger partial charge is 0.495 e. The van der Waals surface area contributed by atoms with Crippen LogP contribution in [0.15, 0.2) is 47.4 Å². The van der Waals surface area contributed by atoms with Crippen molar-refractivity contribution in [2.24, 2.45) is 16.5 Å². The minimum Gasteiger partial charge on any atom is -0.495 e. The first kappa shape index (κ1) is 19.0. The Balaban J connectivity index is 1.73. The molecule has 3 rings (SSSR count). The highest BCUT2D eigenvalue weighted by molar-refractivity contribution is 7.89. The minimum atomic E-state index is -3.66. The summed E-state index contributed by atoms with van der Waals surface area (Å²) >= 11 is 6.08. The van der Waals surface area contributed by atoms with E-state index < -0.39 is 10.0 Å². The molecule has 0 amide bonds. The van der Waals surface area contributed by atoms with Gasteiger partial charge in [-0.25, -0.2) is 13.6 Å². The molecule has 1 aliphatic rings. The lowest BCUT2D eigenvalue weighted by Gasteiger charge is -2.12. The molecular formula is C19H23ClN2O3S. The van der Waals surface area contributed by atoms with Crippen molar-refractivity contribution in [3.05, 3.63) is 53.1 Å². The van der Waals surface area contributed by atoms with Gasteiger partial charge in [-0.15, -0.1) is 0 Å². The predicted octanol–water partition coefficient (Wildman–Crippen LogP) is 3.85. The molecule has 1 fully saturated rings. The van der Waals surface area contributed by atoms with E-state index in [1.807, 2.05) is 24.3 Å². The van der Waals surface area contributed by atoms with Crippen LogP contribution in [-0.2, 0) is 10.0 Å². The Hall–Kier alpha value is -1.76. The molecule has 0 spiro atoms. The monoisotopic (exact) mass is 394 g/mol. The maximum atomic E-state index is 11.4. The van der Waals surface area contributed by atoms with Crippen molar-refractivity contribution < 1.29 is 13.2 Å². The standard InChI is InChI=1S/C19H23ClN2O3S/c1-19(2)15(11-22-16-10-13(20)6-9-17(16)25-3)18(19)12-4-7-14(8-5-12)26(21,23)24/h4-10,15,18,22H,11H2,1-3H3,(H2,21,23,24). The van der Waals surface area contributed by atoms with Crippen LogP contribution in [0.4, 0.5) is 5.69 Å². The Morgan fingerprint density at radius 1 is 1.19 bits per heavy atom. The molecule has 5 nitrogen and oxygen atoms in total. The molecule has 2 atom stereocenters. The first-order chi connectivity index (χ1) is 12.1. The second-order valence-electron chi connectivity index (χ2n) is 7.25. The Morgan fingerprint density at radius 3 is 2.42 bits per heavy atom. The summed E-state index contributed by atoms with van der Waals surface area (Å²) in [4.78, 5) is 0.137. The number of hydrogen-bond acceptors (Lipinski definition) is 4. The van der Waals surface area contributed by atoms with E-state index in [1.165, 1.54) is 0 Å². The van der Waals surface area contributed by atoms with E-state index >= 15 is 0 Å². The fourth-order valence-corrected chi connectivity index (χ4v) is 4.38. The average Bonchev–Trinajstić information content (AvgIpc) is 3.13. The van der Waals surface area contributed by atoms with Gasteiger partial charge in [0.25, 0.3) is 0 Å². The van der Waals surface area contributed by atoms with Crippen LogP contribution < -0.4 is 15.2 Å². The number of nitrogens with two attached hydrogens (primary N) is 1. The van der Waals surface area contributed by atoms with Gasteiger partial charge in [-0.05, 0) is 53.1 Å². The number of rotatable bonds is 6. The molecule has 0 bridgehead atoms. The van der Waals surface area contributed by atoms with Crippen molar-refractivity contribution in [3.63, 3.8) is 0 Å². The number of primary sulfonamides is 1. The van der Waals surface area contributed by atoms with Crippen LogP contribution in [0.2, 0.25) is 5.02 Å². The Kier molecular flexibility index (Phi) is 4.94. The number of sulfonamides is 1. The second kappa shape index (κ2) is 6.76. The van der Waals surface area contributed by atoms with Crippen LogP contribution in [0.3, 0.4) is 0 Å². The predicted molar refractivity (Wildman–Crippen MR) is 104 cm³/mol. The van der Waals surface area contributed by atoms with Gasteiger partial charge >= 0.3 is 0 Å². The van der Waals surface area contributed by atoms with Gasteiger partial charge in [-0.3, -0.25) is 0 Å². The van der Waals surface area contributed by atoms with Gasteiger partial charge in [-0.1, -0.05) is 37.6 Å². The van der Waals surface area contributed by atoms with Crippen molar-refractivity contribution in [1.29, 1.82) is 0 Å². The molecule has 7 heteroatoms. The number of halogens is 1. The maximum absolute atomic E-state index is 11.4. The third-order valence-electron chi connectivity index (χ3n) is 5.29. The van der Waals surface area contributed by atoms with Gasteiger partial charge in [-0.2, -0.15) is 0 Å². The van der Waals surface area contributed by atoms with Gasteiger partial charge in [0.15, 0.2) is 0 Å². The summed E-state index contributed by atoms with van der Waals surface area (Å²) in [7, 11) is -2.03. The lowest BCUT2D eigenvalue weighted by molar-refractivity contribution is 0.416. The average molecular weight is 395 g/mol. The first-order valence-electron chi connectivity index (χ1n) is 8.35. The molecule has 0 aliphatic heterocycles. The molecule has 0 heterocycles. The number of benzene rings is 2. The van der Waals surface area contributed by atoms with Crippen LogP contribution in [0.1, 0.15) is 25.3 Å². The highest BCUT2D eigenvalue weighted by Gasteiger charge is 2.57. The van der Waals surface area contributed by atoms with Crippen LogP contribution in [0, 0.1) is 11.3 Å². The third kappa shape index (κ3) is 3.68. The zero-order chi connectivity index (χ0) is 19.1.